The van der Waals surface area contributed by atoms with Crippen molar-refractivity contribution in [2.75, 3.05) is 5.73 Å². The fraction of sp³-hybridized carbons (Fsp3) is 0.538. The third-order valence-electron chi connectivity index (χ3n) is 3.31. The highest BCUT2D eigenvalue weighted by atomic mass is 35.5. The molecule has 17 heavy (non-hydrogen) atoms. The fourth-order valence-corrected chi connectivity index (χ4v) is 2.33. The molecule has 0 aliphatic heterocycles. The van der Waals surface area contributed by atoms with E-state index in [1.165, 1.54) is 25.0 Å². The highest BCUT2D eigenvalue weighted by molar-refractivity contribution is 6.31. The Bertz CT molecular complexity index is 403. The van der Waals surface area contributed by atoms with Gasteiger partial charge in [-0.05, 0) is 31.6 Å². The largest absolute Gasteiger partial charge is 0.488 e. The minimum atomic E-state index is -0.506. The summed E-state index contributed by atoms with van der Waals surface area (Å²) in [4.78, 5) is 0. The molecule has 1 aliphatic rings. The zero-order valence-electron chi connectivity index (χ0n) is 9.88. The molecule has 4 heteroatoms. The van der Waals surface area contributed by atoms with Gasteiger partial charge in [0.1, 0.15) is 11.6 Å². The Morgan fingerprint density at radius 3 is 2.59 bits per heavy atom. The molecule has 0 bridgehead atoms. The van der Waals surface area contributed by atoms with E-state index in [0.29, 0.717) is 11.4 Å². The van der Waals surface area contributed by atoms with Crippen molar-refractivity contribution >= 4 is 17.3 Å². The summed E-state index contributed by atoms with van der Waals surface area (Å²) in [7, 11) is 0. The number of rotatable bonds is 2. The lowest BCUT2D eigenvalue weighted by Gasteiger charge is -2.27. The molecule has 1 fully saturated rings. The van der Waals surface area contributed by atoms with Gasteiger partial charge in [0.15, 0.2) is 0 Å². The lowest BCUT2D eigenvalue weighted by molar-refractivity contribution is 0.136. The second kappa shape index (κ2) is 5.13. The molecular formula is C13H17ClFNO. The molecule has 1 aromatic carbocycles. The molecule has 0 atom stereocenters. The smallest absolute Gasteiger partial charge is 0.144 e. The van der Waals surface area contributed by atoms with Gasteiger partial charge in [0.25, 0.3) is 0 Å². The lowest BCUT2D eigenvalue weighted by atomic mass is 9.89. The van der Waals surface area contributed by atoms with Gasteiger partial charge in [0.2, 0.25) is 0 Å². The summed E-state index contributed by atoms with van der Waals surface area (Å²) in [5.41, 5.74) is 6.02. The average molecular weight is 258 g/mol. The van der Waals surface area contributed by atoms with Crippen LogP contribution in [-0.4, -0.2) is 6.10 Å². The van der Waals surface area contributed by atoms with Crippen LogP contribution in [0.3, 0.4) is 0 Å². The number of hydrogen-bond donors (Lipinski definition) is 1. The fourth-order valence-electron chi connectivity index (χ4n) is 2.17. The van der Waals surface area contributed by atoms with Crippen molar-refractivity contribution in [3.63, 3.8) is 0 Å². The molecule has 0 amide bonds. The molecule has 1 aromatic rings. The summed E-state index contributed by atoms with van der Waals surface area (Å²) in [5, 5.41) is 0.0541. The van der Waals surface area contributed by atoms with E-state index in [1.54, 1.807) is 0 Å². The van der Waals surface area contributed by atoms with Crippen LogP contribution in [0.4, 0.5) is 10.1 Å². The molecule has 0 unspecified atom stereocenters. The topological polar surface area (TPSA) is 35.2 Å². The van der Waals surface area contributed by atoms with Crippen LogP contribution >= 0.6 is 11.6 Å². The number of hydrogen-bond acceptors (Lipinski definition) is 2. The molecular weight excluding hydrogens is 241 g/mol. The Morgan fingerprint density at radius 2 is 1.94 bits per heavy atom. The number of nitrogen functional groups attached to an aromatic ring is 1. The number of nitrogens with two attached hydrogens (primary N) is 1. The van der Waals surface area contributed by atoms with Crippen LogP contribution in [0, 0.1) is 11.7 Å². The molecule has 1 aliphatic carbocycles. The molecule has 94 valence electrons. The van der Waals surface area contributed by atoms with Crippen molar-refractivity contribution in [3.05, 3.63) is 23.0 Å². The van der Waals surface area contributed by atoms with Crippen LogP contribution in [0.1, 0.15) is 32.6 Å². The second-order valence-corrected chi connectivity index (χ2v) is 5.21. The van der Waals surface area contributed by atoms with Crippen molar-refractivity contribution in [2.24, 2.45) is 5.92 Å². The maximum Gasteiger partial charge on any atom is 0.144 e. The Hall–Kier alpha value is -0.960. The van der Waals surface area contributed by atoms with Crippen molar-refractivity contribution in [1.82, 2.24) is 0 Å². The van der Waals surface area contributed by atoms with Gasteiger partial charge >= 0.3 is 0 Å². The van der Waals surface area contributed by atoms with Crippen LogP contribution in [0.5, 0.6) is 5.75 Å². The third kappa shape index (κ3) is 3.03. The predicted molar refractivity (Wildman–Crippen MR) is 67.9 cm³/mol. The van der Waals surface area contributed by atoms with Crippen molar-refractivity contribution in [2.45, 2.75) is 38.7 Å². The van der Waals surface area contributed by atoms with E-state index in [-0.39, 0.29) is 11.1 Å². The number of ether oxygens (including phenoxy) is 1. The zero-order chi connectivity index (χ0) is 12.4. The molecule has 1 saturated carbocycles. The molecule has 0 heterocycles. The van der Waals surface area contributed by atoms with Crippen molar-refractivity contribution < 1.29 is 9.13 Å². The first kappa shape index (κ1) is 12.5. The zero-order valence-corrected chi connectivity index (χ0v) is 10.6. The highest BCUT2D eigenvalue weighted by Gasteiger charge is 2.20. The minimum Gasteiger partial charge on any atom is -0.488 e. The van der Waals surface area contributed by atoms with E-state index < -0.39 is 5.82 Å². The average Bonchev–Trinajstić information content (AvgIpc) is 2.29. The summed E-state index contributed by atoms with van der Waals surface area (Å²) < 4.78 is 18.9. The number of anilines is 1. The first-order chi connectivity index (χ1) is 8.06. The van der Waals surface area contributed by atoms with Gasteiger partial charge in [-0.3, -0.25) is 0 Å². The predicted octanol–water partition coefficient (Wildman–Crippen LogP) is 4.02. The lowest BCUT2D eigenvalue weighted by Crippen LogP contribution is -2.23. The molecule has 0 aromatic heterocycles. The van der Waals surface area contributed by atoms with Crippen LogP contribution in [-0.2, 0) is 0 Å². The van der Waals surface area contributed by atoms with Crippen LogP contribution in [0.15, 0.2) is 12.1 Å². The van der Waals surface area contributed by atoms with Crippen LogP contribution in [0.2, 0.25) is 5.02 Å². The number of halogens is 2. The SMILES string of the molecule is CC1CCC(Oc2cc(Cl)c(F)cc2N)CC1. The van der Waals surface area contributed by atoms with Gasteiger partial charge < -0.3 is 10.5 Å². The van der Waals surface area contributed by atoms with E-state index in [4.69, 9.17) is 22.1 Å². The third-order valence-corrected chi connectivity index (χ3v) is 3.60. The Kier molecular flexibility index (Phi) is 3.77. The monoisotopic (exact) mass is 257 g/mol. The Balaban J connectivity index is 2.06. The van der Waals surface area contributed by atoms with Gasteiger partial charge in [-0.1, -0.05) is 18.5 Å². The molecule has 0 saturated heterocycles. The summed E-state index contributed by atoms with van der Waals surface area (Å²) in [6.45, 7) is 2.25. The highest BCUT2D eigenvalue weighted by Crippen LogP contribution is 2.32. The van der Waals surface area contributed by atoms with Gasteiger partial charge in [-0.25, -0.2) is 4.39 Å². The second-order valence-electron chi connectivity index (χ2n) is 4.80. The van der Waals surface area contributed by atoms with E-state index in [9.17, 15) is 4.39 Å². The molecule has 2 nitrogen and oxygen atoms in total. The Morgan fingerprint density at radius 1 is 1.29 bits per heavy atom. The van der Waals surface area contributed by atoms with Gasteiger partial charge in [0, 0.05) is 12.1 Å². The maximum atomic E-state index is 13.1. The van der Waals surface area contributed by atoms with E-state index in [0.717, 1.165) is 18.8 Å². The quantitative estimate of drug-likeness (QED) is 0.813. The first-order valence-electron chi connectivity index (χ1n) is 5.97. The van der Waals surface area contributed by atoms with E-state index >= 15 is 0 Å². The standard InChI is InChI=1S/C13H17ClFNO/c1-8-2-4-9(5-3-8)17-13-6-10(14)11(15)7-12(13)16/h6-9H,2-5,16H2,1H3. The molecule has 0 radical (unpaired) electrons. The number of benzene rings is 1. The van der Waals surface area contributed by atoms with E-state index in [1.807, 2.05) is 0 Å². The Labute approximate surface area is 106 Å². The molecule has 0 spiro atoms. The first-order valence-corrected chi connectivity index (χ1v) is 6.35. The summed E-state index contributed by atoms with van der Waals surface area (Å²) >= 11 is 5.72. The molecule has 2 rings (SSSR count). The van der Waals surface area contributed by atoms with Crippen molar-refractivity contribution in [3.8, 4) is 5.75 Å². The van der Waals surface area contributed by atoms with Crippen molar-refractivity contribution in [1.29, 1.82) is 0 Å². The summed E-state index contributed by atoms with van der Waals surface area (Å²) in [5.74, 6) is 0.758. The minimum absolute atomic E-state index is 0.0541. The van der Waals surface area contributed by atoms with E-state index in [2.05, 4.69) is 6.92 Å². The van der Waals surface area contributed by atoms with Crippen LogP contribution < -0.4 is 10.5 Å². The van der Waals surface area contributed by atoms with Crippen LogP contribution in [0.25, 0.3) is 0 Å². The van der Waals surface area contributed by atoms with Gasteiger partial charge in [-0.15, -0.1) is 0 Å². The molecule has 2 N–H and O–H groups in total. The summed E-state index contributed by atoms with van der Waals surface area (Å²) in [6, 6.07) is 2.67. The van der Waals surface area contributed by atoms with Gasteiger partial charge in [0.05, 0.1) is 16.8 Å². The normalized spacial score (nSPS) is 24.6. The van der Waals surface area contributed by atoms with Gasteiger partial charge in [-0.2, -0.15) is 0 Å². The summed E-state index contributed by atoms with van der Waals surface area (Å²) in [6.07, 6.45) is 4.56. The maximum absolute atomic E-state index is 13.1.